The molecule has 0 bridgehead atoms. The molecular formula is C18H17BrN4O. The van der Waals surface area contributed by atoms with Gasteiger partial charge in [0, 0.05) is 4.47 Å². The summed E-state index contributed by atoms with van der Waals surface area (Å²) in [5, 5.41) is 11.0. The number of halogens is 1. The number of amides is 1. The standard InChI is InChI=1S/C18H17BrN4O/c1-18(2,13-6-4-3-5-7-13)20-17(24)16-12-23(22-21-16)15-10-8-14(19)9-11-15/h3-12H,1-2H3,(H,20,24). The van der Waals surface area contributed by atoms with Crippen molar-refractivity contribution in [2.24, 2.45) is 0 Å². The number of carbonyl (C=O) groups excluding carboxylic acids is 1. The summed E-state index contributed by atoms with van der Waals surface area (Å²) < 4.78 is 2.56. The zero-order chi connectivity index (χ0) is 17.2. The molecule has 24 heavy (non-hydrogen) atoms. The van der Waals surface area contributed by atoms with Gasteiger partial charge in [0.05, 0.1) is 17.4 Å². The zero-order valence-electron chi connectivity index (χ0n) is 13.4. The molecular weight excluding hydrogens is 368 g/mol. The van der Waals surface area contributed by atoms with Crippen LogP contribution < -0.4 is 5.32 Å². The van der Waals surface area contributed by atoms with E-state index in [2.05, 4.69) is 31.6 Å². The number of hydrogen-bond donors (Lipinski definition) is 1. The molecule has 2 aromatic carbocycles. The summed E-state index contributed by atoms with van der Waals surface area (Å²) in [6, 6.07) is 17.4. The van der Waals surface area contributed by atoms with Gasteiger partial charge in [0.15, 0.2) is 5.69 Å². The maximum Gasteiger partial charge on any atom is 0.274 e. The van der Waals surface area contributed by atoms with Crippen molar-refractivity contribution in [3.05, 3.63) is 76.5 Å². The molecule has 0 fully saturated rings. The molecule has 1 aromatic heterocycles. The predicted octanol–water partition coefficient (Wildman–Crippen LogP) is 3.69. The Hall–Kier alpha value is -2.47. The van der Waals surface area contributed by atoms with Crippen LogP contribution in [0.2, 0.25) is 0 Å². The Morgan fingerprint density at radius 1 is 1.08 bits per heavy atom. The van der Waals surface area contributed by atoms with Crippen LogP contribution in [-0.4, -0.2) is 20.9 Å². The average Bonchev–Trinajstić information content (AvgIpc) is 3.06. The molecule has 122 valence electrons. The number of hydrogen-bond acceptors (Lipinski definition) is 3. The van der Waals surface area contributed by atoms with E-state index < -0.39 is 5.54 Å². The number of nitrogens with one attached hydrogen (secondary N) is 1. The van der Waals surface area contributed by atoms with Gasteiger partial charge in [-0.05, 0) is 43.7 Å². The third-order valence-electron chi connectivity index (χ3n) is 3.74. The van der Waals surface area contributed by atoms with Crippen LogP contribution in [0.15, 0.2) is 65.3 Å². The summed E-state index contributed by atoms with van der Waals surface area (Å²) in [6.07, 6.45) is 1.62. The summed E-state index contributed by atoms with van der Waals surface area (Å²) in [4.78, 5) is 12.5. The average molecular weight is 385 g/mol. The molecule has 0 aliphatic carbocycles. The molecule has 3 aromatic rings. The van der Waals surface area contributed by atoms with Crippen LogP contribution in [0.4, 0.5) is 0 Å². The van der Waals surface area contributed by atoms with Crippen LogP contribution in [0, 0.1) is 0 Å². The lowest BCUT2D eigenvalue weighted by Crippen LogP contribution is -2.41. The molecule has 0 spiro atoms. The van der Waals surface area contributed by atoms with Gasteiger partial charge in [-0.2, -0.15) is 0 Å². The third-order valence-corrected chi connectivity index (χ3v) is 4.27. The third kappa shape index (κ3) is 3.54. The van der Waals surface area contributed by atoms with E-state index in [-0.39, 0.29) is 11.6 Å². The van der Waals surface area contributed by atoms with E-state index in [4.69, 9.17) is 0 Å². The first-order valence-electron chi connectivity index (χ1n) is 7.52. The van der Waals surface area contributed by atoms with Crippen molar-refractivity contribution in [3.8, 4) is 5.69 Å². The SMILES string of the molecule is CC(C)(NC(=O)c1cn(-c2ccc(Br)cc2)nn1)c1ccccc1. The van der Waals surface area contributed by atoms with Gasteiger partial charge in [-0.1, -0.05) is 51.5 Å². The summed E-state index contributed by atoms with van der Waals surface area (Å²) in [5.74, 6) is -0.257. The van der Waals surface area contributed by atoms with E-state index in [9.17, 15) is 4.79 Å². The van der Waals surface area contributed by atoms with Crippen molar-refractivity contribution in [2.75, 3.05) is 0 Å². The second kappa shape index (κ2) is 6.57. The molecule has 1 heterocycles. The smallest absolute Gasteiger partial charge is 0.274 e. The molecule has 3 rings (SSSR count). The van der Waals surface area contributed by atoms with Crippen LogP contribution in [0.3, 0.4) is 0 Å². The van der Waals surface area contributed by atoms with E-state index in [0.717, 1.165) is 15.7 Å². The highest BCUT2D eigenvalue weighted by Crippen LogP contribution is 2.20. The lowest BCUT2D eigenvalue weighted by molar-refractivity contribution is 0.0907. The van der Waals surface area contributed by atoms with E-state index >= 15 is 0 Å². The minimum absolute atomic E-state index is 0.257. The predicted molar refractivity (Wildman–Crippen MR) is 96.0 cm³/mol. The van der Waals surface area contributed by atoms with Crippen molar-refractivity contribution < 1.29 is 4.79 Å². The van der Waals surface area contributed by atoms with Crippen LogP contribution >= 0.6 is 15.9 Å². The van der Waals surface area contributed by atoms with Gasteiger partial charge < -0.3 is 5.32 Å². The van der Waals surface area contributed by atoms with Crippen LogP contribution in [-0.2, 0) is 5.54 Å². The maximum absolute atomic E-state index is 12.5. The van der Waals surface area contributed by atoms with Crippen LogP contribution in [0.25, 0.3) is 5.69 Å². The largest absolute Gasteiger partial charge is 0.342 e. The molecule has 0 unspecified atom stereocenters. The number of nitrogens with zero attached hydrogens (tertiary/aromatic N) is 3. The van der Waals surface area contributed by atoms with Gasteiger partial charge in [0.1, 0.15) is 0 Å². The fraction of sp³-hybridized carbons (Fsp3) is 0.167. The Bertz CT molecular complexity index is 841. The second-order valence-electron chi connectivity index (χ2n) is 5.97. The monoisotopic (exact) mass is 384 g/mol. The minimum Gasteiger partial charge on any atom is -0.342 e. The normalized spacial score (nSPS) is 11.3. The fourth-order valence-corrected chi connectivity index (χ4v) is 2.63. The molecule has 0 aliphatic heterocycles. The molecule has 0 atom stereocenters. The first-order valence-corrected chi connectivity index (χ1v) is 8.31. The van der Waals surface area contributed by atoms with Crippen molar-refractivity contribution >= 4 is 21.8 Å². The summed E-state index contributed by atoms with van der Waals surface area (Å²) in [5.41, 5.74) is 1.65. The van der Waals surface area contributed by atoms with E-state index in [0.29, 0.717) is 0 Å². The first kappa shape index (κ1) is 16.4. The summed E-state index contributed by atoms with van der Waals surface area (Å²) in [7, 11) is 0. The van der Waals surface area contributed by atoms with E-state index in [1.807, 2.05) is 68.4 Å². The first-order chi connectivity index (χ1) is 11.5. The highest BCUT2D eigenvalue weighted by molar-refractivity contribution is 9.10. The van der Waals surface area contributed by atoms with Gasteiger partial charge in [0.25, 0.3) is 5.91 Å². The van der Waals surface area contributed by atoms with Crippen molar-refractivity contribution in [1.82, 2.24) is 20.3 Å². The van der Waals surface area contributed by atoms with E-state index in [1.54, 1.807) is 10.9 Å². The highest BCUT2D eigenvalue weighted by atomic mass is 79.9. The molecule has 6 heteroatoms. The van der Waals surface area contributed by atoms with Gasteiger partial charge in [-0.15, -0.1) is 5.10 Å². The molecule has 0 saturated heterocycles. The Morgan fingerprint density at radius 2 is 1.75 bits per heavy atom. The zero-order valence-corrected chi connectivity index (χ0v) is 15.0. The van der Waals surface area contributed by atoms with Crippen LogP contribution in [0.1, 0.15) is 29.9 Å². The summed E-state index contributed by atoms with van der Waals surface area (Å²) >= 11 is 3.39. The van der Waals surface area contributed by atoms with Gasteiger partial charge in [-0.25, -0.2) is 4.68 Å². The molecule has 1 amide bonds. The molecule has 0 saturated carbocycles. The van der Waals surface area contributed by atoms with Gasteiger partial charge in [-0.3, -0.25) is 4.79 Å². The lowest BCUT2D eigenvalue weighted by atomic mass is 9.94. The molecule has 5 nitrogen and oxygen atoms in total. The second-order valence-corrected chi connectivity index (χ2v) is 6.89. The maximum atomic E-state index is 12.5. The topological polar surface area (TPSA) is 59.8 Å². The van der Waals surface area contributed by atoms with Gasteiger partial charge >= 0.3 is 0 Å². The molecule has 0 aliphatic rings. The highest BCUT2D eigenvalue weighted by Gasteiger charge is 2.24. The Kier molecular flexibility index (Phi) is 4.49. The van der Waals surface area contributed by atoms with Crippen molar-refractivity contribution in [1.29, 1.82) is 0 Å². The van der Waals surface area contributed by atoms with Crippen molar-refractivity contribution in [2.45, 2.75) is 19.4 Å². The molecule has 1 N–H and O–H groups in total. The van der Waals surface area contributed by atoms with Gasteiger partial charge in [0.2, 0.25) is 0 Å². The number of rotatable bonds is 4. The Labute approximate surface area is 148 Å². The van der Waals surface area contributed by atoms with Crippen molar-refractivity contribution in [3.63, 3.8) is 0 Å². The number of benzene rings is 2. The minimum atomic E-state index is -0.500. The lowest BCUT2D eigenvalue weighted by Gasteiger charge is -2.26. The number of carbonyl (C=O) groups is 1. The quantitative estimate of drug-likeness (QED) is 0.745. The fourth-order valence-electron chi connectivity index (χ4n) is 2.36. The Balaban J connectivity index is 1.78. The van der Waals surface area contributed by atoms with E-state index in [1.165, 1.54) is 0 Å². The molecule has 0 radical (unpaired) electrons. The number of aromatic nitrogens is 3. The Morgan fingerprint density at radius 3 is 2.42 bits per heavy atom. The van der Waals surface area contributed by atoms with Crippen LogP contribution in [0.5, 0.6) is 0 Å². The summed E-state index contributed by atoms with van der Waals surface area (Å²) in [6.45, 7) is 3.92.